The summed E-state index contributed by atoms with van der Waals surface area (Å²) in [5, 5.41) is 4.04. The highest BCUT2D eigenvalue weighted by Crippen LogP contribution is 2.14. The van der Waals surface area contributed by atoms with Crippen LogP contribution in [0.3, 0.4) is 0 Å². The molecule has 0 bridgehead atoms. The topological polar surface area (TPSA) is 58.3 Å². The molecule has 0 fully saturated rings. The molecule has 2 heterocycles. The molecule has 2 aromatic heterocycles. The minimum Gasteiger partial charge on any atom is -0.351 e. The third-order valence-corrected chi connectivity index (χ3v) is 3.52. The lowest BCUT2D eigenvalue weighted by molar-refractivity contribution is 0.461. The Labute approximate surface area is 159 Å². The monoisotopic (exact) mass is 448 g/mol. The molecule has 0 saturated heterocycles. The van der Waals surface area contributed by atoms with Crippen LogP contribution in [0.25, 0.3) is 0 Å². The summed E-state index contributed by atoms with van der Waals surface area (Å²) in [6.07, 6.45) is 3.66. The summed E-state index contributed by atoms with van der Waals surface area (Å²) in [5.74, 6) is 1.56. The minimum atomic E-state index is 0. The third kappa shape index (κ3) is 5.65. The fourth-order valence-electron chi connectivity index (χ4n) is 2.20. The molecule has 6 nitrogen and oxygen atoms in total. The van der Waals surface area contributed by atoms with Crippen molar-refractivity contribution in [1.82, 2.24) is 24.8 Å². The van der Waals surface area contributed by atoms with Crippen LogP contribution in [0, 0.1) is 6.92 Å². The van der Waals surface area contributed by atoms with E-state index >= 15 is 0 Å². The van der Waals surface area contributed by atoms with Crippen molar-refractivity contribution in [3.05, 3.63) is 46.8 Å². The van der Waals surface area contributed by atoms with Gasteiger partial charge in [-0.25, -0.2) is 9.97 Å². The average Bonchev–Trinajstić information content (AvgIpc) is 2.77. The van der Waals surface area contributed by atoms with E-state index in [1.807, 2.05) is 48.8 Å². The lowest BCUT2D eigenvalue weighted by Crippen LogP contribution is -2.38. The Morgan fingerprint density at radius 3 is 2.78 bits per heavy atom. The van der Waals surface area contributed by atoms with Gasteiger partial charge >= 0.3 is 0 Å². The Balaban J connectivity index is 0.00000264. The SMILES string of the molecule is CN=C(NCc1ccnc(C)n1)N(C)Cc1cc(Cl)cn1C.I. The summed E-state index contributed by atoms with van der Waals surface area (Å²) in [6, 6.07) is 3.85. The van der Waals surface area contributed by atoms with Gasteiger partial charge < -0.3 is 14.8 Å². The Morgan fingerprint density at radius 1 is 1.48 bits per heavy atom. The van der Waals surface area contributed by atoms with Gasteiger partial charge in [-0.2, -0.15) is 0 Å². The molecule has 23 heavy (non-hydrogen) atoms. The number of aliphatic imine (C=N–C) groups is 1. The van der Waals surface area contributed by atoms with Crippen LogP contribution in [0.4, 0.5) is 0 Å². The quantitative estimate of drug-likeness (QED) is 0.444. The van der Waals surface area contributed by atoms with E-state index in [1.54, 1.807) is 13.2 Å². The van der Waals surface area contributed by atoms with Crippen LogP contribution < -0.4 is 5.32 Å². The number of rotatable bonds is 4. The van der Waals surface area contributed by atoms with Gasteiger partial charge in [-0.15, -0.1) is 24.0 Å². The van der Waals surface area contributed by atoms with Crippen LogP contribution in [-0.4, -0.2) is 39.5 Å². The van der Waals surface area contributed by atoms with Gasteiger partial charge in [0.2, 0.25) is 0 Å². The molecule has 0 saturated carbocycles. The highest BCUT2D eigenvalue weighted by atomic mass is 127. The number of hydrogen-bond acceptors (Lipinski definition) is 3. The number of halogens is 2. The van der Waals surface area contributed by atoms with Crippen LogP contribution in [0.1, 0.15) is 17.2 Å². The lowest BCUT2D eigenvalue weighted by atomic mass is 10.4. The average molecular weight is 449 g/mol. The van der Waals surface area contributed by atoms with Crippen LogP contribution in [-0.2, 0) is 20.1 Å². The van der Waals surface area contributed by atoms with Crippen LogP contribution in [0.2, 0.25) is 5.02 Å². The Morgan fingerprint density at radius 2 is 2.22 bits per heavy atom. The van der Waals surface area contributed by atoms with E-state index in [1.165, 1.54) is 0 Å². The first-order chi connectivity index (χ1) is 10.5. The highest BCUT2D eigenvalue weighted by molar-refractivity contribution is 14.0. The zero-order valence-electron chi connectivity index (χ0n) is 13.7. The molecule has 2 aromatic rings. The number of guanidine groups is 1. The molecule has 0 aliphatic rings. The number of hydrogen-bond donors (Lipinski definition) is 1. The molecule has 0 aliphatic carbocycles. The predicted octanol–water partition coefficient (Wildman–Crippen LogP) is 2.60. The van der Waals surface area contributed by atoms with E-state index in [-0.39, 0.29) is 24.0 Å². The minimum absolute atomic E-state index is 0. The van der Waals surface area contributed by atoms with E-state index in [0.29, 0.717) is 13.1 Å². The van der Waals surface area contributed by atoms with Gasteiger partial charge in [0.05, 0.1) is 23.8 Å². The second-order valence-electron chi connectivity index (χ2n) is 5.11. The molecule has 1 N–H and O–H groups in total. The number of nitrogens with one attached hydrogen (secondary N) is 1. The molecule has 0 radical (unpaired) electrons. The van der Waals surface area contributed by atoms with Gasteiger partial charge in [0, 0.05) is 39.2 Å². The summed E-state index contributed by atoms with van der Waals surface area (Å²) in [5.41, 5.74) is 2.05. The van der Waals surface area contributed by atoms with Crippen molar-refractivity contribution in [2.75, 3.05) is 14.1 Å². The molecule has 2 rings (SSSR count). The number of nitrogens with zero attached hydrogens (tertiary/aromatic N) is 5. The van der Waals surface area contributed by atoms with Crippen LogP contribution in [0.15, 0.2) is 29.5 Å². The van der Waals surface area contributed by atoms with Crippen molar-refractivity contribution in [2.45, 2.75) is 20.0 Å². The zero-order chi connectivity index (χ0) is 16.1. The van der Waals surface area contributed by atoms with Gasteiger partial charge in [-0.1, -0.05) is 11.6 Å². The van der Waals surface area contributed by atoms with E-state index in [9.17, 15) is 0 Å². The molecule has 0 amide bonds. The Bertz CT molecular complexity index is 670. The van der Waals surface area contributed by atoms with E-state index in [2.05, 4.69) is 20.3 Å². The van der Waals surface area contributed by atoms with Gasteiger partial charge in [-0.05, 0) is 19.1 Å². The molecule has 0 spiro atoms. The maximum atomic E-state index is 6.02. The summed E-state index contributed by atoms with van der Waals surface area (Å²) in [7, 11) is 5.73. The van der Waals surface area contributed by atoms with E-state index in [0.717, 1.165) is 28.2 Å². The number of aryl methyl sites for hydroxylation is 2. The third-order valence-electron chi connectivity index (χ3n) is 3.31. The van der Waals surface area contributed by atoms with Crippen molar-refractivity contribution in [3.63, 3.8) is 0 Å². The fraction of sp³-hybridized carbons (Fsp3) is 0.400. The second-order valence-corrected chi connectivity index (χ2v) is 5.55. The van der Waals surface area contributed by atoms with E-state index < -0.39 is 0 Å². The summed E-state index contributed by atoms with van der Waals surface area (Å²) < 4.78 is 2.01. The van der Waals surface area contributed by atoms with E-state index in [4.69, 9.17) is 11.6 Å². The lowest BCUT2D eigenvalue weighted by Gasteiger charge is -2.22. The van der Waals surface area contributed by atoms with Gasteiger partial charge in [-0.3, -0.25) is 4.99 Å². The maximum absolute atomic E-state index is 6.02. The molecule has 126 valence electrons. The van der Waals surface area contributed by atoms with Gasteiger partial charge in [0.25, 0.3) is 0 Å². The maximum Gasteiger partial charge on any atom is 0.194 e. The number of aromatic nitrogens is 3. The normalized spacial score (nSPS) is 11.1. The van der Waals surface area contributed by atoms with Crippen molar-refractivity contribution in [3.8, 4) is 0 Å². The second kappa shape index (κ2) is 9.07. The van der Waals surface area contributed by atoms with Crippen LogP contribution in [0.5, 0.6) is 0 Å². The predicted molar refractivity (Wildman–Crippen MR) is 104 cm³/mol. The largest absolute Gasteiger partial charge is 0.351 e. The smallest absolute Gasteiger partial charge is 0.194 e. The molecule has 0 unspecified atom stereocenters. The standard InChI is InChI=1S/C15H21ClN6.HI/c1-11-18-6-5-13(20-11)8-19-15(17-2)22(4)10-14-7-12(16)9-21(14)3;/h5-7,9H,8,10H2,1-4H3,(H,17,19);1H. The first-order valence-corrected chi connectivity index (χ1v) is 7.38. The van der Waals surface area contributed by atoms with Crippen LogP contribution >= 0.6 is 35.6 Å². The molecule has 0 aliphatic heterocycles. The van der Waals surface area contributed by atoms with Gasteiger partial charge in [0.15, 0.2) is 5.96 Å². The molecule has 0 atom stereocenters. The summed E-state index contributed by atoms with van der Waals surface area (Å²) in [4.78, 5) is 14.8. The molecule has 0 aromatic carbocycles. The first-order valence-electron chi connectivity index (χ1n) is 7.00. The Kier molecular flexibility index (Phi) is 7.77. The van der Waals surface area contributed by atoms with Gasteiger partial charge in [0.1, 0.15) is 5.82 Å². The van der Waals surface area contributed by atoms with Crippen molar-refractivity contribution >= 4 is 41.5 Å². The van der Waals surface area contributed by atoms with Crippen molar-refractivity contribution in [2.24, 2.45) is 12.0 Å². The van der Waals surface area contributed by atoms with Crippen molar-refractivity contribution in [1.29, 1.82) is 0 Å². The summed E-state index contributed by atoms with van der Waals surface area (Å²) in [6.45, 7) is 3.20. The zero-order valence-corrected chi connectivity index (χ0v) is 16.8. The fourth-order valence-corrected chi connectivity index (χ4v) is 2.47. The summed E-state index contributed by atoms with van der Waals surface area (Å²) >= 11 is 6.02. The van der Waals surface area contributed by atoms with Crippen molar-refractivity contribution < 1.29 is 0 Å². The molecular weight excluding hydrogens is 427 g/mol. The highest BCUT2D eigenvalue weighted by Gasteiger charge is 2.10. The first kappa shape index (κ1) is 19.7. The Hall–Kier alpha value is -1.35. The molecule has 8 heteroatoms. The molecular formula is C15H22ClIN6.